The van der Waals surface area contributed by atoms with Crippen molar-refractivity contribution in [2.24, 2.45) is 5.10 Å². The van der Waals surface area contributed by atoms with E-state index in [1.807, 2.05) is 55.4 Å². The van der Waals surface area contributed by atoms with Crippen LogP contribution < -0.4 is 15.1 Å². The fourth-order valence-electron chi connectivity index (χ4n) is 1.89. The number of nitrogens with one attached hydrogen (secondary N) is 1. The van der Waals surface area contributed by atoms with Crippen molar-refractivity contribution >= 4 is 33.7 Å². The molecule has 6 heteroatoms. The molecule has 0 saturated heterocycles. The number of hydrogen-bond donors (Lipinski definition) is 1. The predicted octanol–water partition coefficient (Wildman–Crippen LogP) is 3.43. The summed E-state index contributed by atoms with van der Waals surface area (Å²) in [6.45, 7) is 1.68. The lowest BCUT2D eigenvalue weighted by Gasteiger charge is -2.13. The number of carbonyl (C=O) groups is 1. The summed E-state index contributed by atoms with van der Waals surface area (Å²) in [6.07, 6.45) is 0.961. The van der Waals surface area contributed by atoms with Crippen LogP contribution in [0.25, 0.3) is 0 Å². The number of anilines is 1. The molecule has 2 aromatic rings. The Morgan fingerprint density at radius 1 is 1.17 bits per heavy atom. The minimum absolute atomic E-state index is 0.306. The SMILES string of the molecule is C[C@@H](Oc1ccc(Br)cc1)C(=O)NN=Cc1ccc(N(C)C)cc1. The van der Waals surface area contributed by atoms with Gasteiger partial charge in [-0.1, -0.05) is 28.1 Å². The molecule has 0 aliphatic carbocycles. The smallest absolute Gasteiger partial charge is 0.280 e. The largest absolute Gasteiger partial charge is 0.481 e. The highest BCUT2D eigenvalue weighted by Crippen LogP contribution is 2.17. The highest BCUT2D eigenvalue weighted by Gasteiger charge is 2.13. The highest BCUT2D eigenvalue weighted by atomic mass is 79.9. The monoisotopic (exact) mass is 389 g/mol. The molecule has 0 spiro atoms. The maximum atomic E-state index is 12.0. The molecule has 24 heavy (non-hydrogen) atoms. The van der Waals surface area contributed by atoms with Gasteiger partial charge in [0.05, 0.1) is 6.21 Å². The lowest BCUT2D eigenvalue weighted by atomic mass is 10.2. The van der Waals surface area contributed by atoms with E-state index in [1.165, 1.54) is 0 Å². The van der Waals surface area contributed by atoms with E-state index in [-0.39, 0.29) is 5.91 Å². The number of hydrazone groups is 1. The summed E-state index contributed by atoms with van der Waals surface area (Å²) in [5.41, 5.74) is 4.50. The summed E-state index contributed by atoms with van der Waals surface area (Å²) in [4.78, 5) is 14.0. The van der Waals surface area contributed by atoms with E-state index in [4.69, 9.17) is 4.74 Å². The van der Waals surface area contributed by atoms with Crippen molar-refractivity contribution in [2.45, 2.75) is 13.0 Å². The second-order valence-corrected chi connectivity index (χ2v) is 6.35. The molecular weight excluding hydrogens is 370 g/mol. The van der Waals surface area contributed by atoms with Crippen molar-refractivity contribution in [1.29, 1.82) is 0 Å². The molecule has 1 atom stereocenters. The van der Waals surface area contributed by atoms with Gasteiger partial charge in [-0.2, -0.15) is 5.10 Å². The van der Waals surface area contributed by atoms with Gasteiger partial charge in [-0.15, -0.1) is 0 Å². The number of nitrogens with zero attached hydrogens (tertiary/aromatic N) is 2. The fraction of sp³-hybridized carbons (Fsp3) is 0.222. The molecule has 0 radical (unpaired) electrons. The molecule has 0 unspecified atom stereocenters. The Kier molecular flexibility index (Phi) is 6.37. The summed E-state index contributed by atoms with van der Waals surface area (Å²) < 4.78 is 6.52. The zero-order chi connectivity index (χ0) is 17.5. The zero-order valence-corrected chi connectivity index (χ0v) is 15.4. The van der Waals surface area contributed by atoms with Crippen LogP contribution in [0.1, 0.15) is 12.5 Å². The Balaban J connectivity index is 1.86. The molecule has 126 valence electrons. The lowest BCUT2D eigenvalue weighted by Crippen LogP contribution is -2.33. The minimum Gasteiger partial charge on any atom is -0.481 e. The molecular formula is C18H20BrN3O2. The van der Waals surface area contributed by atoms with Crippen LogP contribution in [-0.4, -0.2) is 32.3 Å². The summed E-state index contributed by atoms with van der Waals surface area (Å²) in [6, 6.07) is 15.2. The number of rotatable bonds is 6. The van der Waals surface area contributed by atoms with E-state index in [9.17, 15) is 4.79 Å². The topological polar surface area (TPSA) is 53.9 Å². The number of hydrogen-bond acceptors (Lipinski definition) is 4. The molecule has 2 rings (SSSR count). The van der Waals surface area contributed by atoms with E-state index in [0.29, 0.717) is 5.75 Å². The van der Waals surface area contributed by atoms with E-state index in [0.717, 1.165) is 15.7 Å². The second kappa shape index (κ2) is 8.49. The first-order valence-electron chi connectivity index (χ1n) is 7.48. The highest BCUT2D eigenvalue weighted by molar-refractivity contribution is 9.10. The Morgan fingerprint density at radius 2 is 1.79 bits per heavy atom. The second-order valence-electron chi connectivity index (χ2n) is 5.43. The molecule has 1 amide bonds. The van der Waals surface area contributed by atoms with Gasteiger partial charge < -0.3 is 9.64 Å². The number of benzene rings is 2. The third-order valence-corrected chi connectivity index (χ3v) is 3.82. The van der Waals surface area contributed by atoms with Crippen LogP contribution in [0.5, 0.6) is 5.75 Å². The minimum atomic E-state index is -0.639. The molecule has 0 bridgehead atoms. The van der Waals surface area contributed by atoms with Crippen molar-refractivity contribution in [1.82, 2.24) is 5.43 Å². The van der Waals surface area contributed by atoms with Crippen molar-refractivity contribution < 1.29 is 9.53 Å². The predicted molar refractivity (Wildman–Crippen MR) is 101 cm³/mol. The molecule has 0 heterocycles. The first-order chi connectivity index (χ1) is 11.5. The van der Waals surface area contributed by atoms with Gasteiger partial charge in [-0.3, -0.25) is 4.79 Å². The quantitative estimate of drug-likeness (QED) is 0.608. The summed E-state index contributed by atoms with van der Waals surface area (Å²) in [5, 5.41) is 3.97. The number of amides is 1. The van der Waals surface area contributed by atoms with Crippen LogP contribution in [-0.2, 0) is 4.79 Å². The summed E-state index contributed by atoms with van der Waals surface area (Å²) >= 11 is 3.35. The van der Waals surface area contributed by atoms with Crippen molar-refractivity contribution in [3.05, 3.63) is 58.6 Å². The Bertz CT molecular complexity index is 697. The van der Waals surface area contributed by atoms with Gasteiger partial charge in [0.2, 0.25) is 0 Å². The average Bonchev–Trinajstić information content (AvgIpc) is 2.57. The molecule has 0 aliphatic rings. The van der Waals surface area contributed by atoms with Gasteiger partial charge in [-0.25, -0.2) is 5.43 Å². The molecule has 0 fully saturated rings. The lowest BCUT2D eigenvalue weighted by molar-refractivity contribution is -0.127. The van der Waals surface area contributed by atoms with Crippen LogP contribution in [0.15, 0.2) is 58.1 Å². The van der Waals surface area contributed by atoms with Crippen LogP contribution in [0.2, 0.25) is 0 Å². The van der Waals surface area contributed by atoms with Gasteiger partial charge in [0, 0.05) is 24.3 Å². The molecule has 1 N–H and O–H groups in total. The van der Waals surface area contributed by atoms with Crippen LogP contribution >= 0.6 is 15.9 Å². The van der Waals surface area contributed by atoms with Gasteiger partial charge in [0.1, 0.15) is 5.75 Å². The molecule has 0 aliphatic heterocycles. The third-order valence-electron chi connectivity index (χ3n) is 3.29. The van der Waals surface area contributed by atoms with Crippen LogP contribution in [0, 0.1) is 0 Å². The standard InChI is InChI=1S/C18H20BrN3O2/c1-13(24-17-10-6-15(19)7-11-17)18(23)21-20-12-14-4-8-16(9-5-14)22(2)3/h4-13H,1-3H3,(H,21,23)/t13-/m1/s1. The Labute approximate surface area is 150 Å². The van der Waals surface area contributed by atoms with Crippen molar-refractivity contribution in [2.75, 3.05) is 19.0 Å². The zero-order valence-electron chi connectivity index (χ0n) is 13.9. The first-order valence-corrected chi connectivity index (χ1v) is 8.27. The van der Waals surface area contributed by atoms with E-state index in [2.05, 4.69) is 26.5 Å². The van der Waals surface area contributed by atoms with Gasteiger partial charge in [-0.05, 0) is 48.9 Å². The number of halogens is 1. The van der Waals surface area contributed by atoms with Crippen LogP contribution in [0.3, 0.4) is 0 Å². The molecule has 0 aromatic heterocycles. The molecule has 0 saturated carbocycles. The number of carbonyl (C=O) groups excluding carboxylic acids is 1. The van der Waals surface area contributed by atoms with E-state index >= 15 is 0 Å². The fourth-order valence-corrected chi connectivity index (χ4v) is 2.16. The van der Waals surface area contributed by atoms with Gasteiger partial charge in [0.25, 0.3) is 5.91 Å². The Hall–Kier alpha value is -2.34. The first kappa shape index (κ1) is 18.0. The van der Waals surface area contributed by atoms with Crippen LogP contribution in [0.4, 0.5) is 5.69 Å². The summed E-state index contributed by atoms with van der Waals surface area (Å²) in [5.74, 6) is 0.322. The maximum absolute atomic E-state index is 12.0. The maximum Gasteiger partial charge on any atom is 0.280 e. The number of ether oxygens (including phenoxy) is 1. The van der Waals surface area contributed by atoms with Crippen molar-refractivity contribution in [3.63, 3.8) is 0 Å². The normalized spacial score (nSPS) is 12.0. The molecule has 2 aromatic carbocycles. The van der Waals surface area contributed by atoms with Gasteiger partial charge >= 0.3 is 0 Å². The summed E-state index contributed by atoms with van der Waals surface area (Å²) in [7, 11) is 3.96. The van der Waals surface area contributed by atoms with E-state index < -0.39 is 6.10 Å². The van der Waals surface area contributed by atoms with E-state index in [1.54, 1.807) is 25.3 Å². The third kappa shape index (κ3) is 5.38. The van der Waals surface area contributed by atoms with Gasteiger partial charge in [0.15, 0.2) is 6.10 Å². The average molecular weight is 390 g/mol. The van der Waals surface area contributed by atoms with Crippen molar-refractivity contribution in [3.8, 4) is 5.75 Å². The Morgan fingerprint density at radius 3 is 2.38 bits per heavy atom. The molecule has 5 nitrogen and oxygen atoms in total.